The van der Waals surface area contributed by atoms with E-state index < -0.39 is 12.1 Å². The molecule has 2 fully saturated rings. The van der Waals surface area contributed by atoms with Gasteiger partial charge in [-0.1, -0.05) is 85.2 Å². The van der Waals surface area contributed by atoms with Crippen molar-refractivity contribution in [3.8, 4) is 5.75 Å². The van der Waals surface area contributed by atoms with Crippen molar-refractivity contribution in [3.63, 3.8) is 0 Å². The summed E-state index contributed by atoms with van der Waals surface area (Å²) in [6.07, 6.45) is 4.56. The number of amides is 5. The van der Waals surface area contributed by atoms with Crippen LogP contribution in [0, 0.1) is 11.8 Å². The summed E-state index contributed by atoms with van der Waals surface area (Å²) >= 11 is 1.89. The highest BCUT2D eigenvalue weighted by atomic mass is 32.2. The molecule has 0 aromatic heterocycles. The van der Waals surface area contributed by atoms with Crippen molar-refractivity contribution in [1.29, 1.82) is 0 Å². The Kier molecular flexibility index (Phi) is 18.9. The maximum atomic E-state index is 13.7. The number of rotatable bonds is 24. The van der Waals surface area contributed by atoms with Gasteiger partial charge >= 0.3 is 0 Å². The fourth-order valence-corrected chi connectivity index (χ4v) is 10.9. The third kappa shape index (κ3) is 13.9. The number of thioether (sulfide) groups is 1. The fraction of sp³-hybridized carbons (Fsp3) is 0.442. The number of unbranched alkanes of at least 4 members (excludes halogenated alkanes) is 2. The van der Waals surface area contributed by atoms with Gasteiger partial charge in [0.15, 0.2) is 0 Å². The number of azide groups is 1. The molecule has 7 atom stereocenters. The van der Waals surface area contributed by atoms with Gasteiger partial charge in [0.05, 0.1) is 25.2 Å². The summed E-state index contributed by atoms with van der Waals surface area (Å²) in [7, 11) is 3.47. The van der Waals surface area contributed by atoms with Crippen LogP contribution in [0.4, 0.5) is 17.1 Å². The van der Waals surface area contributed by atoms with Crippen LogP contribution >= 0.6 is 11.8 Å². The number of hydrogen-bond acceptors (Lipinski definition) is 9. The Bertz CT molecular complexity index is 2360. The number of methoxy groups -OCH3 is 1. The lowest BCUT2D eigenvalue weighted by Gasteiger charge is -2.48. The van der Waals surface area contributed by atoms with Crippen LogP contribution < -0.4 is 25.6 Å². The standard InChI is InChI=1S/C52H64N8O7S/c1-34-45(59(3)35(2)61)33-68-47(34)14-8-9-15-49(64)56-44(32-36-17-21-40(22-18-36)57-58-53)51(65)54-31-11-10-16-48(63)55-39-23-25-41(26-24-39)60-50(38-19-27-42(67-4)28-20-38)43(52(60)66)29-30-46(62)37-12-6-5-7-13-37/h5-7,12-13,17-28,34,43-47,50,62H,8-11,14-16,29-33H2,1-4H3,(H,54,65)(H,55,63)(H,56,64)/t34?,43?,44?,45?,46-,47?,50?/m0/s1. The smallest absolute Gasteiger partial charge is 0.242 e. The highest BCUT2D eigenvalue weighted by Gasteiger charge is 2.48. The van der Waals surface area contributed by atoms with Gasteiger partial charge in [0.1, 0.15) is 11.8 Å². The van der Waals surface area contributed by atoms with E-state index >= 15 is 0 Å². The predicted octanol–water partition coefficient (Wildman–Crippen LogP) is 8.97. The zero-order chi connectivity index (χ0) is 48.6. The van der Waals surface area contributed by atoms with E-state index in [1.165, 1.54) is 0 Å². The van der Waals surface area contributed by atoms with E-state index in [-0.39, 0.29) is 66.8 Å². The fourth-order valence-electron chi connectivity index (χ4n) is 9.06. The summed E-state index contributed by atoms with van der Waals surface area (Å²) in [6, 6.07) is 30.3. The van der Waals surface area contributed by atoms with Crippen molar-refractivity contribution < 1.29 is 33.8 Å². The lowest BCUT2D eigenvalue weighted by atomic mass is 9.78. The number of aliphatic hydroxyl groups is 1. The van der Waals surface area contributed by atoms with Gasteiger partial charge in [0, 0.05) is 78.8 Å². The Morgan fingerprint density at radius 3 is 2.28 bits per heavy atom. The first-order valence-electron chi connectivity index (χ1n) is 23.5. The molecule has 0 bridgehead atoms. The zero-order valence-electron chi connectivity index (χ0n) is 39.4. The monoisotopic (exact) mass is 944 g/mol. The van der Waals surface area contributed by atoms with Gasteiger partial charge < -0.3 is 35.6 Å². The first kappa shape index (κ1) is 51.0. The molecule has 6 rings (SSSR count). The largest absolute Gasteiger partial charge is 0.497 e. The summed E-state index contributed by atoms with van der Waals surface area (Å²) in [5, 5.41) is 23.7. The number of nitrogens with one attached hydrogen (secondary N) is 3. The van der Waals surface area contributed by atoms with E-state index in [1.807, 2.05) is 90.4 Å². The van der Waals surface area contributed by atoms with Crippen molar-refractivity contribution in [2.24, 2.45) is 17.0 Å². The summed E-state index contributed by atoms with van der Waals surface area (Å²) in [5.74, 6) is 0.990. The minimum atomic E-state index is -0.830. The van der Waals surface area contributed by atoms with Gasteiger partial charge in [-0.15, -0.1) is 0 Å². The second kappa shape index (κ2) is 25.1. The number of carbonyl (C=O) groups excluding carboxylic acids is 5. The number of ether oxygens (including phenoxy) is 1. The number of β-lactam (4-membered cyclic amide) rings is 1. The average molecular weight is 945 g/mol. The van der Waals surface area contributed by atoms with Crippen LogP contribution in [-0.2, 0) is 30.4 Å². The van der Waals surface area contributed by atoms with Crippen molar-refractivity contribution in [2.45, 2.75) is 108 Å². The Balaban J connectivity index is 0.959. The molecule has 360 valence electrons. The highest BCUT2D eigenvalue weighted by Crippen LogP contribution is 2.47. The van der Waals surface area contributed by atoms with Crippen molar-refractivity contribution in [1.82, 2.24) is 15.5 Å². The molecule has 2 saturated heterocycles. The Hall–Kier alpha value is -6.35. The van der Waals surface area contributed by atoms with E-state index in [1.54, 1.807) is 55.3 Å². The average Bonchev–Trinajstić information content (AvgIpc) is 3.71. The third-order valence-corrected chi connectivity index (χ3v) is 14.8. The Morgan fingerprint density at radius 1 is 0.912 bits per heavy atom. The molecule has 2 aliphatic rings. The highest BCUT2D eigenvalue weighted by molar-refractivity contribution is 8.00. The molecule has 5 amide bonds. The van der Waals surface area contributed by atoms with E-state index in [0.29, 0.717) is 72.6 Å². The van der Waals surface area contributed by atoms with Crippen LogP contribution in [0.15, 0.2) is 108 Å². The molecule has 0 saturated carbocycles. The van der Waals surface area contributed by atoms with Crippen molar-refractivity contribution >= 4 is 58.4 Å². The molecule has 2 heterocycles. The second-order valence-corrected chi connectivity index (χ2v) is 19.0. The quantitative estimate of drug-likeness (QED) is 0.0175. The van der Waals surface area contributed by atoms with E-state index in [4.69, 9.17) is 10.3 Å². The van der Waals surface area contributed by atoms with Crippen LogP contribution in [0.25, 0.3) is 10.4 Å². The Morgan fingerprint density at radius 2 is 1.60 bits per heavy atom. The number of nitrogens with zero attached hydrogens (tertiary/aromatic N) is 5. The zero-order valence-corrected chi connectivity index (χ0v) is 40.2. The molecule has 4 N–H and O–H groups in total. The van der Waals surface area contributed by atoms with Gasteiger partial charge in [-0.25, -0.2) is 0 Å². The van der Waals surface area contributed by atoms with Crippen LogP contribution in [0.1, 0.15) is 100 Å². The van der Waals surface area contributed by atoms with Crippen LogP contribution in [0.5, 0.6) is 5.75 Å². The van der Waals surface area contributed by atoms with Gasteiger partial charge in [-0.2, -0.15) is 11.8 Å². The molecule has 4 aromatic carbocycles. The van der Waals surface area contributed by atoms with Gasteiger partial charge in [0.25, 0.3) is 0 Å². The van der Waals surface area contributed by atoms with Crippen LogP contribution in [0.3, 0.4) is 0 Å². The molecular formula is C52H64N8O7S. The molecule has 15 nitrogen and oxygen atoms in total. The van der Waals surface area contributed by atoms with E-state index in [2.05, 4.69) is 32.9 Å². The summed E-state index contributed by atoms with van der Waals surface area (Å²) in [5.41, 5.74) is 13.1. The number of aliphatic hydroxyl groups excluding tert-OH is 1. The predicted molar refractivity (Wildman–Crippen MR) is 266 cm³/mol. The van der Waals surface area contributed by atoms with Crippen molar-refractivity contribution in [3.05, 3.63) is 130 Å². The van der Waals surface area contributed by atoms with Gasteiger partial charge in [-0.3, -0.25) is 24.0 Å². The molecule has 68 heavy (non-hydrogen) atoms. The minimum absolute atomic E-state index is 0.0286. The second-order valence-electron chi connectivity index (χ2n) is 17.7. The molecule has 0 radical (unpaired) electrons. The number of benzene rings is 4. The lowest BCUT2D eigenvalue weighted by molar-refractivity contribution is -0.131. The maximum Gasteiger partial charge on any atom is 0.242 e. The molecule has 0 spiro atoms. The molecule has 16 heteroatoms. The number of carbonyl (C=O) groups is 5. The Labute approximate surface area is 403 Å². The lowest BCUT2D eigenvalue weighted by Crippen LogP contribution is -2.55. The first-order valence-corrected chi connectivity index (χ1v) is 24.6. The first-order chi connectivity index (χ1) is 32.9. The van der Waals surface area contributed by atoms with Gasteiger partial charge in [-0.05, 0) is 103 Å². The van der Waals surface area contributed by atoms with Crippen LogP contribution in [-0.4, -0.2) is 83.3 Å². The third-order valence-electron chi connectivity index (χ3n) is 13.2. The summed E-state index contributed by atoms with van der Waals surface area (Å²) < 4.78 is 5.37. The number of anilines is 2. The number of hydrogen-bond donors (Lipinski definition) is 4. The SMILES string of the molecule is COc1ccc(C2C(CC[C@H](O)c3ccccc3)C(=O)N2c2ccc(NC(=O)CCCCNC(=O)C(Cc3ccc(N=[N+]=[N-])cc3)NC(=O)CCCCC3SCC(N(C)C(C)=O)C3C)cc2)cc1. The molecular weight excluding hydrogens is 881 g/mol. The molecule has 6 unspecified atom stereocenters. The van der Waals surface area contributed by atoms with E-state index in [0.717, 1.165) is 35.3 Å². The maximum absolute atomic E-state index is 13.7. The van der Waals surface area contributed by atoms with Crippen LogP contribution in [0.2, 0.25) is 0 Å². The van der Waals surface area contributed by atoms with Crippen molar-refractivity contribution in [2.75, 3.05) is 36.7 Å². The topological polar surface area (TPSA) is 206 Å². The minimum Gasteiger partial charge on any atom is -0.497 e. The molecule has 2 aliphatic heterocycles. The van der Waals surface area contributed by atoms with Gasteiger partial charge in [0.2, 0.25) is 29.5 Å². The summed E-state index contributed by atoms with van der Waals surface area (Å²) in [6.45, 7) is 4.10. The molecule has 0 aliphatic carbocycles. The van der Waals surface area contributed by atoms with E-state index in [9.17, 15) is 29.1 Å². The normalized spacial score (nSPS) is 19.5. The molecule has 4 aromatic rings. The summed E-state index contributed by atoms with van der Waals surface area (Å²) in [4.78, 5) is 71.7.